The van der Waals surface area contributed by atoms with E-state index in [1.54, 1.807) is 0 Å². The molecule has 2 saturated heterocycles. The SMILES string of the molecule is Cl.Cl.O=C(C1CCN(c2nc(-c3ccccc3)nc3c2CCC3)CC1)N1CCNCC1. The number of amides is 1. The van der Waals surface area contributed by atoms with Gasteiger partial charge < -0.3 is 15.1 Å². The zero-order valence-electron chi connectivity index (χ0n) is 17.8. The molecule has 0 spiro atoms. The van der Waals surface area contributed by atoms with Crippen LogP contribution in [0.15, 0.2) is 30.3 Å². The number of nitrogens with zero attached hydrogens (tertiary/aromatic N) is 4. The first-order valence-corrected chi connectivity index (χ1v) is 11.0. The zero-order chi connectivity index (χ0) is 19.6. The molecule has 31 heavy (non-hydrogen) atoms. The number of piperazine rings is 1. The third-order valence-electron chi connectivity index (χ3n) is 6.52. The third-order valence-corrected chi connectivity index (χ3v) is 6.52. The lowest BCUT2D eigenvalue weighted by atomic mass is 9.94. The average Bonchev–Trinajstić information content (AvgIpc) is 3.28. The summed E-state index contributed by atoms with van der Waals surface area (Å²) in [6.07, 6.45) is 5.11. The van der Waals surface area contributed by atoms with Gasteiger partial charge in [0.15, 0.2) is 5.82 Å². The van der Waals surface area contributed by atoms with Crippen LogP contribution >= 0.6 is 24.8 Å². The van der Waals surface area contributed by atoms with Crippen molar-refractivity contribution in [2.75, 3.05) is 44.2 Å². The van der Waals surface area contributed by atoms with E-state index in [9.17, 15) is 4.79 Å². The number of fused-ring (bicyclic) bond motifs is 1. The molecule has 3 aliphatic rings. The quantitative estimate of drug-likeness (QED) is 0.757. The maximum absolute atomic E-state index is 12.9. The first-order valence-electron chi connectivity index (χ1n) is 11.0. The van der Waals surface area contributed by atoms with E-state index >= 15 is 0 Å². The summed E-state index contributed by atoms with van der Waals surface area (Å²) >= 11 is 0. The Labute approximate surface area is 196 Å². The maximum atomic E-state index is 12.9. The monoisotopic (exact) mass is 463 g/mol. The van der Waals surface area contributed by atoms with E-state index in [4.69, 9.17) is 9.97 Å². The van der Waals surface area contributed by atoms with Gasteiger partial charge in [0.05, 0.1) is 0 Å². The highest BCUT2D eigenvalue weighted by atomic mass is 35.5. The fourth-order valence-electron chi connectivity index (χ4n) is 4.87. The van der Waals surface area contributed by atoms with Crippen LogP contribution in [-0.2, 0) is 17.6 Å². The number of halogens is 2. The molecule has 1 amide bonds. The van der Waals surface area contributed by atoms with Crippen LogP contribution in [0.1, 0.15) is 30.5 Å². The summed E-state index contributed by atoms with van der Waals surface area (Å²) in [5.41, 5.74) is 3.62. The molecule has 168 valence electrons. The summed E-state index contributed by atoms with van der Waals surface area (Å²) in [5.74, 6) is 2.46. The van der Waals surface area contributed by atoms with Crippen molar-refractivity contribution in [2.24, 2.45) is 5.92 Å². The van der Waals surface area contributed by atoms with E-state index in [0.717, 1.165) is 88.6 Å². The summed E-state index contributed by atoms with van der Waals surface area (Å²) in [7, 11) is 0. The normalized spacial score (nSPS) is 18.7. The lowest BCUT2D eigenvalue weighted by Crippen LogP contribution is -2.50. The molecule has 2 aliphatic heterocycles. The number of aromatic nitrogens is 2. The fourth-order valence-corrected chi connectivity index (χ4v) is 4.87. The molecule has 0 saturated carbocycles. The van der Waals surface area contributed by atoms with Gasteiger partial charge >= 0.3 is 0 Å². The van der Waals surface area contributed by atoms with Crippen molar-refractivity contribution >= 4 is 36.5 Å². The van der Waals surface area contributed by atoms with E-state index in [-0.39, 0.29) is 30.7 Å². The maximum Gasteiger partial charge on any atom is 0.225 e. The molecule has 1 N–H and O–H groups in total. The smallest absolute Gasteiger partial charge is 0.225 e. The second-order valence-corrected chi connectivity index (χ2v) is 8.35. The number of piperidine rings is 1. The minimum absolute atomic E-state index is 0. The van der Waals surface area contributed by atoms with Crippen molar-refractivity contribution in [3.8, 4) is 11.4 Å². The second-order valence-electron chi connectivity index (χ2n) is 8.35. The molecule has 2 aromatic rings. The summed E-state index contributed by atoms with van der Waals surface area (Å²) < 4.78 is 0. The van der Waals surface area contributed by atoms with Gasteiger partial charge in [0.2, 0.25) is 5.91 Å². The Bertz CT molecular complexity index is 881. The molecule has 0 bridgehead atoms. The van der Waals surface area contributed by atoms with Crippen molar-refractivity contribution in [3.05, 3.63) is 41.6 Å². The molecule has 1 aromatic heterocycles. The molecule has 8 heteroatoms. The number of aryl methyl sites for hydroxylation is 1. The highest BCUT2D eigenvalue weighted by Gasteiger charge is 2.31. The van der Waals surface area contributed by atoms with Gasteiger partial charge in [-0.1, -0.05) is 30.3 Å². The second kappa shape index (κ2) is 10.6. The zero-order valence-corrected chi connectivity index (χ0v) is 19.4. The Kier molecular flexibility index (Phi) is 8.14. The van der Waals surface area contributed by atoms with Crippen molar-refractivity contribution in [1.82, 2.24) is 20.2 Å². The fraction of sp³-hybridized carbons (Fsp3) is 0.522. The van der Waals surface area contributed by atoms with Crippen LogP contribution in [0.2, 0.25) is 0 Å². The van der Waals surface area contributed by atoms with Gasteiger partial charge in [0.25, 0.3) is 0 Å². The number of carbonyl (C=O) groups excluding carboxylic acids is 1. The Balaban J connectivity index is 0.00000136. The lowest BCUT2D eigenvalue weighted by molar-refractivity contribution is -0.136. The molecule has 2 fully saturated rings. The van der Waals surface area contributed by atoms with Crippen molar-refractivity contribution in [2.45, 2.75) is 32.1 Å². The molecule has 5 rings (SSSR count). The minimum Gasteiger partial charge on any atom is -0.356 e. The molecule has 1 aromatic carbocycles. The van der Waals surface area contributed by atoms with E-state index in [1.807, 2.05) is 23.1 Å². The van der Waals surface area contributed by atoms with Crippen LogP contribution in [0.5, 0.6) is 0 Å². The van der Waals surface area contributed by atoms with Crippen molar-refractivity contribution < 1.29 is 4.79 Å². The largest absolute Gasteiger partial charge is 0.356 e. The van der Waals surface area contributed by atoms with Crippen LogP contribution in [0.3, 0.4) is 0 Å². The molecule has 6 nitrogen and oxygen atoms in total. The Morgan fingerprint density at radius 1 is 0.935 bits per heavy atom. The van der Waals surface area contributed by atoms with Crippen LogP contribution in [0.25, 0.3) is 11.4 Å². The number of carbonyl (C=O) groups is 1. The van der Waals surface area contributed by atoms with Gasteiger partial charge in [-0.05, 0) is 32.1 Å². The van der Waals surface area contributed by atoms with Crippen LogP contribution < -0.4 is 10.2 Å². The highest BCUT2D eigenvalue weighted by molar-refractivity contribution is 5.85. The van der Waals surface area contributed by atoms with Gasteiger partial charge in [-0.3, -0.25) is 4.79 Å². The molecule has 0 unspecified atom stereocenters. The first-order chi connectivity index (χ1) is 14.3. The molecule has 1 aliphatic carbocycles. The minimum atomic E-state index is 0. The topological polar surface area (TPSA) is 61.4 Å². The molecule has 3 heterocycles. The Hall–Kier alpha value is -1.89. The summed E-state index contributed by atoms with van der Waals surface area (Å²) in [6, 6.07) is 10.3. The number of nitrogens with one attached hydrogen (secondary N) is 1. The number of hydrogen-bond acceptors (Lipinski definition) is 5. The average molecular weight is 464 g/mol. The first kappa shape index (κ1) is 23.8. The highest BCUT2D eigenvalue weighted by Crippen LogP contribution is 2.33. The lowest BCUT2D eigenvalue weighted by Gasteiger charge is -2.36. The number of hydrogen-bond donors (Lipinski definition) is 1. The number of benzene rings is 1. The van der Waals surface area contributed by atoms with Crippen LogP contribution in [0.4, 0.5) is 5.82 Å². The van der Waals surface area contributed by atoms with E-state index in [0.29, 0.717) is 5.91 Å². The van der Waals surface area contributed by atoms with Gasteiger partial charge in [-0.2, -0.15) is 0 Å². The predicted octanol–water partition coefficient (Wildman–Crippen LogP) is 3.12. The van der Waals surface area contributed by atoms with E-state index in [1.165, 1.54) is 11.3 Å². The molecular formula is C23H31Cl2N5O. The van der Waals surface area contributed by atoms with Gasteiger partial charge in [-0.25, -0.2) is 9.97 Å². The van der Waals surface area contributed by atoms with Crippen LogP contribution in [0, 0.1) is 5.92 Å². The van der Waals surface area contributed by atoms with Crippen molar-refractivity contribution in [1.29, 1.82) is 0 Å². The Morgan fingerprint density at radius 2 is 1.65 bits per heavy atom. The third kappa shape index (κ3) is 4.97. The molecular weight excluding hydrogens is 433 g/mol. The van der Waals surface area contributed by atoms with Gasteiger partial charge in [0.1, 0.15) is 5.82 Å². The summed E-state index contributed by atoms with van der Waals surface area (Å²) in [5, 5.41) is 3.33. The predicted molar refractivity (Wildman–Crippen MR) is 128 cm³/mol. The van der Waals surface area contributed by atoms with Crippen molar-refractivity contribution in [3.63, 3.8) is 0 Å². The van der Waals surface area contributed by atoms with Gasteiger partial charge in [0, 0.05) is 62.0 Å². The van der Waals surface area contributed by atoms with E-state index in [2.05, 4.69) is 22.3 Å². The molecule has 0 atom stereocenters. The van der Waals surface area contributed by atoms with Crippen LogP contribution in [-0.4, -0.2) is 60.0 Å². The standard InChI is InChI=1S/C23H29N5O.2ClH/c29-23(28-15-11-24-12-16-28)18-9-13-27(14-10-18)22-19-7-4-8-20(19)25-21(26-22)17-5-2-1-3-6-17;;/h1-3,5-6,18,24H,4,7-16H2;2*1H. The Morgan fingerprint density at radius 3 is 2.35 bits per heavy atom. The number of anilines is 1. The summed E-state index contributed by atoms with van der Waals surface area (Å²) in [6.45, 7) is 5.33. The molecule has 0 radical (unpaired) electrons. The summed E-state index contributed by atoms with van der Waals surface area (Å²) in [4.78, 5) is 27.2. The number of rotatable bonds is 3. The van der Waals surface area contributed by atoms with E-state index < -0.39 is 0 Å². The van der Waals surface area contributed by atoms with Gasteiger partial charge in [-0.15, -0.1) is 24.8 Å².